The Balaban J connectivity index is 2.77. The highest BCUT2D eigenvalue weighted by Gasteiger charge is 2.34. The monoisotopic (exact) mass is 198 g/mol. The van der Waals surface area contributed by atoms with Crippen molar-refractivity contribution < 1.29 is 5.11 Å². The number of aliphatic hydroxyl groups is 1. The van der Waals surface area contributed by atoms with Crippen LogP contribution in [-0.4, -0.2) is 19.8 Å². The van der Waals surface area contributed by atoms with E-state index in [4.69, 9.17) is 0 Å². The Bertz CT molecular complexity index is 193. The molecular weight excluding hydrogens is 176 g/mol. The molecule has 1 rings (SSSR count). The first-order valence-corrected chi connectivity index (χ1v) is 8.82. The highest BCUT2D eigenvalue weighted by molar-refractivity contribution is 6.77. The molecule has 0 aromatic rings. The molecule has 0 fully saturated rings. The van der Waals surface area contributed by atoms with Gasteiger partial charge in [-0.25, -0.2) is 0 Å². The Morgan fingerprint density at radius 2 is 1.92 bits per heavy atom. The van der Waals surface area contributed by atoms with E-state index in [-0.39, 0.29) is 0 Å². The van der Waals surface area contributed by atoms with Crippen LogP contribution in [0.15, 0.2) is 12.2 Å². The molecule has 0 saturated carbocycles. The van der Waals surface area contributed by atoms with Crippen molar-refractivity contribution in [2.75, 3.05) is 6.61 Å². The van der Waals surface area contributed by atoms with Crippen LogP contribution in [0.1, 0.15) is 13.3 Å². The fourth-order valence-electron chi connectivity index (χ4n) is 2.30. The van der Waals surface area contributed by atoms with E-state index < -0.39 is 8.07 Å². The molecule has 76 valence electrons. The molecule has 0 bridgehead atoms. The van der Waals surface area contributed by atoms with Crippen molar-refractivity contribution in [3.63, 3.8) is 0 Å². The molecule has 2 heteroatoms. The average molecular weight is 198 g/mol. The fraction of sp³-hybridized carbons (Fsp3) is 0.818. The molecule has 1 N–H and O–H groups in total. The van der Waals surface area contributed by atoms with E-state index in [0.717, 1.165) is 5.54 Å². The molecule has 0 radical (unpaired) electrons. The lowest BCUT2D eigenvalue weighted by atomic mass is 9.89. The van der Waals surface area contributed by atoms with Crippen LogP contribution in [0.5, 0.6) is 0 Å². The van der Waals surface area contributed by atoms with E-state index in [2.05, 4.69) is 38.7 Å². The van der Waals surface area contributed by atoms with E-state index in [1.165, 1.54) is 6.42 Å². The molecule has 0 aromatic carbocycles. The first-order chi connectivity index (χ1) is 5.95. The van der Waals surface area contributed by atoms with Crippen LogP contribution in [0.4, 0.5) is 0 Å². The molecule has 13 heavy (non-hydrogen) atoms. The van der Waals surface area contributed by atoms with Gasteiger partial charge in [0.15, 0.2) is 0 Å². The molecule has 0 saturated heterocycles. The summed E-state index contributed by atoms with van der Waals surface area (Å²) in [7, 11) is -1.09. The summed E-state index contributed by atoms with van der Waals surface area (Å²) in [6.07, 6.45) is 5.77. The smallest absolute Gasteiger partial charge is 0.0493 e. The van der Waals surface area contributed by atoms with Crippen molar-refractivity contribution in [3.8, 4) is 0 Å². The molecule has 3 atom stereocenters. The average Bonchev–Trinajstić information content (AvgIpc) is 2.03. The van der Waals surface area contributed by atoms with E-state index in [1.807, 2.05) is 0 Å². The van der Waals surface area contributed by atoms with Crippen molar-refractivity contribution in [1.82, 2.24) is 0 Å². The third-order valence-electron chi connectivity index (χ3n) is 3.15. The zero-order valence-electron chi connectivity index (χ0n) is 9.25. The molecule has 0 unspecified atom stereocenters. The van der Waals surface area contributed by atoms with Gasteiger partial charge in [0.05, 0.1) is 0 Å². The van der Waals surface area contributed by atoms with Crippen LogP contribution in [-0.2, 0) is 0 Å². The normalized spacial score (nSPS) is 35.0. The Morgan fingerprint density at radius 1 is 1.31 bits per heavy atom. The van der Waals surface area contributed by atoms with Gasteiger partial charge in [0.25, 0.3) is 0 Å². The molecule has 1 aliphatic rings. The maximum Gasteiger partial charge on any atom is 0.0493 e. The standard InChI is InChI=1S/C11H22OSi/c1-9-5-6-10(8-12)11(7-9)13(2,3)4/h5-6,9-12H,7-8H2,1-4H3/t9-,10-,11+/m1/s1. The summed E-state index contributed by atoms with van der Waals surface area (Å²) in [6, 6.07) is 0. The number of allylic oxidation sites excluding steroid dienone is 1. The molecule has 1 aliphatic carbocycles. The summed E-state index contributed by atoms with van der Waals surface area (Å²) in [6.45, 7) is 9.83. The van der Waals surface area contributed by atoms with Gasteiger partial charge in [0, 0.05) is 20.6 Å². The largest absolute Gasteiger partial charge is 0.396 e. The van der Waals surface area contributed by atoms with Gasteiger partial charge in [0.1, 0.15) is 0 Å². The van der Waals surface area contributed by atoms with Gasteiger partial charge in [-0.2, -0.15) is 0 Å². The number of hydrogen-bond donors (Lipinski definition) is 1. The molecule has 0 aromatic heterocycles. The fourth-order valence-corrected chi connectivity index (χ4v) is 4.88. The van der Waals surface area contributed by atoms with Gasteiger partial charge in [-0.05, 0) is 17.9 Å². The Hall–Kier alpha value is -0.0831. The lowest BCUT2D eigenvalue weighted by Gasteiger charge is -2.37. The van der Waals surface area contributed by atoms with Crippen molar-refractivity contribution in [1.29, 1.82) is 0 Å². The van der Waals surface area contributed by atoms with E-state index >= 15 is 0 Å². The van der Waals surface area contributed by atoms with Crippen LogP contribution >= 0.6 is 0 Å². The van der Waals surface area contributed by atoms with Crippen molar-refractivity contribution >= 4 is 8.07 Å². The zero-order chi connectivity index (χ0) is 10.1. The van der Waals surface area contributed by atoms with Gasteiger partial charge < -0.3 is 5.11 Å². The molecule has 0 heterocycles. The first-order valence-electron chi connectivity index (χ1n) is 5.24. The molecule has 0 aliphatic heterocycles. The molecule has 1 nitrogen and oxygen atoms in total. The third kappa shape index (κ3) is 2.68. The van der Waals surface area contributed by atoms with Crippen LogP contribution in [0, 0.1) is 11.8 Å². The maximum atomic E-state index is 9.28. The zero-order valence-corrected chi connectivity index (χ0v) is 10.2. The van der Waals surface area contributed by atoms with E-state index in [1.54, 1.807) is 0 Å². The second kappa shape index (κ2) is 3.97. The van der Waals surface area contributed by atoms with E-state index in [9.17, 15) is 5.11 Å². The summed E-state index contributed by atoms with van der Waals surface area (Å²) in [5, 5.41) is 9.28. The predicted molar refractivity (Wildman–Crippen MR) is 60.6 cm³/mol. The lowest BCUT2D eigenvalue weighted by molar-refractivity contribution is 0.234. The third-order valence-corrected chi connectivity index (χ3v) is 6.04. The maximum absolute atomic E-state index is 9.28. The van der Waals surface area contributed by atoms with Crippen molar-refractivity contribution in [3.05, 3.63) is 12.2 Å². The highest BCUT2D eigenvalue weighted by atomic mass is 28.3. The first kappa shape index (κ1) is 11.0. The predicted octanol–water partition coefficient (Wildman–Crippen LogP) is 2.90. The van der Waals surface area contributed by atoms with Gasteiger partial charge in [-0.1, -0.05) is 38.7 Å². The van der Waals surface area contributed by atoms with Gasteiger partial charge in [-0.3, -0.25) is 0 Å². The molecule has 0 spiro atoms. The quantitative estimate of drug-likeness (QED) is 0.534. The summed E-state index contributed by atoms with van der Waals surface area (Å²) in [5.41, 5.74) is 0.762. The van der Waals surface area contributed by atoms with Gasteiger partial charge >= 0.3 is 0 Å². The summed E-state index contributed by atoms with van der Waals surface area (Å²) in [5.74, 6) is 1.14. The number of rotatable bonds is 2. The van der Waals surface area contributed by atoms with Crippen LogP contribution < -0.4 is 0 Å². The number of aliphatic hydroxyl groups excluding tert-OH is 1. The van der Waals surface area contributed by atoms with E-state index in [0.29, 0.717) is 18.4 Å². The van der Waals surface area contributed by atoms with Gasteiger partial charge in [0.2, 0.25) is 0 Å². The number of hydrogen-bond acceptors (Lipinski definition) is 1. The minimum absolute atomic E-state index is 0.332. The highest BCUT2D eigenvalue weighted by Crippen LogP contribution is 2.40. The Morgan fingerprint density at radius 3 is 2.38 bits per heavy atom. The molecular formula is C11H22OSi. The summed E-state index contributed by atoms with van der Waals surface area (Å²) in [4.78, 5) is 0. The minimum Gasteiger partial charge on any atom is -0.396 e. The van der Waals surface area contributed by atoms with Crippen LogP contribution in [0.3, 0.4) is 0 Å². The SMILES string of the molecule is C[C@@H]1C=C[C@H](CO)[C@@H]([Si](C)(C)C)C1. The van der Waals surface area contributed by atoms with Crippen LogP contribution in [0.25, 0.3) is 0 Å². The lowest BCUT2D eigenvalue weighted by Crippen LogP contribution is -2.36. The minimum atomic E-state index is -1.09. The van der Waals surface area contributed by atoms with Gasteiger partial charge in [-0.15, -0.1) is 0 Å². The van der Waals surface area contributed by atoms with Crippen molar-refractivity contribution in [2.24, 2.45) is 11.8 Å². The summed E-state index contributed by atoms with van der Waals surface area (Å²) >= 11 is 0. The Kier molecular flexibility index (Phi) is 3.36. The van der Waals surface area contributed by atoms with Crippen LogP contribution in [0.2, 0.25) is 25.2 Å². The topological polar surface area (TPSA) is 20.2 Å². The molecule has 0 amide bonds. The Labute approximate surface area is 82.9 Å². The summed E-state index contributed by atoms with van der Waals surface area (Å²) < 4.78 is 0. The second-order valence-corrected chi connectivity index (χ2v) is 10.9. The second-order valence-electron chi connectivity index (χ2n) is 5.42. The van der Waals surface area contributed by atoms with Crippen molar-refractivity contribution in [2.45, 2.75) is 38.5 Å².